The summed E-state index contributed by atoms with van der Waals surface area (Å²) in [6, 6.07) is 40.2. The van der Waals surface area contributed by atoms with Gasteiger partial charge >= 0.3 is 0 Å². The maximum atomic E-state index is 6.49. The smallest absolute Gasteiger partial charge is 0.144 e. The second-order valence-electron chi connectivity index (χ2n) is 9.19. The number of benzene rings is 5. The molecule has 0 aliphatic rings. The number of hydrogen-bond donors (Lipinski definition) is 0. The lowest BCUT2D eigenvalue weighted by molar-refractivity contribution is 0.673. The molecule has 36 heavy (non-hydrogen) atoms. The predicted octanol–water partition coefficient (Wildman–Crippen LogP) is 8.90. The first-order valence-electron chi connectivity index (χ1n) is 12.2. The third-order valence-corrected chi connectivity index (χ3v) is 7.23. The number of pyridine rings is 1. The van der Waals surface area contributed by atoms with Crippen molar-refractivity contribution in [3.63, 3.8) is 0 Å². The Kier molecular flexibility index (Phi) is 3.94. The van der Waals surface area contributed by atoms with Crippen LogP contribution in [0.2, 0.25) is 0 Å². The van der Waals surface area contributed by atoms with Crippen LogP contribution in [0.25, 0.3) is 71.5 Å². The molecule has 0 aliphatic carbocycles. The van der Waals surface area contributed by atoms with Crippen molar-refractivity contribution in [2.45, 2.75) is 0 Å². The van der Waals surface area contributed by atoms with Gasteiger partial charge in [0, 0.05) is 38.5 Å². The average molecular weight is 461 g/mol. The first kappa shape index (κ1) is 19.4. The molecule has 3 aromatic heterocycles. The molecule has 0 atom stereocenters. The van der Waals surface area contributed by atoms with E-state index in [1.165, 1.54) is 16.3 Å². The van der Waals surface area contributed by atoms with Gasteiger partial charge in [-0.25, -0.2) is 4.98 Å². The summed E-state index contributed by atoms with van der Waals surface area (Å²) in [6.07, 6.45) is 1.91. The number of hydrogen-bond acceptors (Lipinski definition) is 2. The van der Waals surface area contributed by atoms with Crippen molar-refractivity contribution in [3.05, 3.63) is 121 Å². The summed E-state index contributed by atoms with van der Waals surface area (Å²) < 4.78 is 8.81. The van der Waals surface area contributed by atoms with Gasteiger partial charge in [-0.15, -0.1) is 0 Å². The molecular formula is C33H20N2O. The van der Waals surface area contributed by atoms with Crippen LogP contribution in [0.15, 0.2) is 126 Å². The molecule has 168 valence electrons. The van der Waals surface area contributed by atoms with Gasteiger partial charge < -0.3 is 4.42 Å². The lowest BCUT2D eigenvalue weighted by Gasteiger charge is -2.11. The summed E-state index contributed by atoms with van der Waals surface area (Å²) in [7, 11) is 0. The van der Waals surface area contributed by atoms with Crippen LogP contribution in [0, 0.1) is 0 Å². The van der Waals surface area contributed by atoms with E-state index >= 15 is 0 Å². The number of furan rings is 1. The monoisotopic (exact) mass is 460 g/mol. The van der Waals surface area contributed by atoms with Gasteiger partial charge in [0.15, 0.2) is 0 Å². The van der Waals surface area contributed by atoms with Gasteiger partial charge in [-0.3, -0.25) is 4.57 Å². The normalized spacial score (nSPS) is 11.9. The van der Waals surface area contributed by atoms with Crippen LogP contribution < -0.4 is 0 Å². The molecule has 8 rings (SSSR count). The first-order chi connectivity index (χ1) is 17.9. The highest BCUT2D eigenvalue weighted by Gasteiger charge is 2.22. The zero-order valence-corrected chi connectivity index (χ0v) is 19.3. The standard InChI is InChI=1S/C33H20N2O/c1-2-10-21(11-3-1)22-18-19-34-29(20-22)35-27-16-8-6-14-25(27)30-31-26-15-7-9-17-28(26)36-33(31)24-13-5-4-12-23(24)32(30)35/h1-20H. The van der Waals surface area contributed by atoms with Crippen LogP contribution in [0.4, 0.5) is 0 Å². The number of aromatic nitrogens is 2. The summed E-state index contributed by atoms with van der Waals surface area (Å²) >= 11 is 0. The summed E-state index contributed by atoms with van der Waals surface area (Å²) in [5.41, 5.74) is 6.46. The van der Waals surface area contributed by atoms with E-state index in [1.807, 2.05) is 18.3 Å². The predicted molar refractivity (Wildman–Crippen MR) is 149 cm³/mol. The molecule has 0 radical (unpaired) electrons. The minimum atomic E-state index is 0.903. The minimum absolute atomic E-state index is 0.903. The van der Waals surface area contributed by atoms with Gasteiger partial charge in [0.25, 0.3) is 0 Å². The zero-order chi connectivity index (χ0) is 23.6. The highest BCUT2D eigenvalue weighted by molar-refractivity contribution is 6.35. The Labute approximate surface area is 206 Å². The van der Waals surface area contributed by atoms with Gasteiger partial charge in [0.05, 0.1) is 11.0 Å². The maximum absolute atomic E-state index is 6.49. The minimum Gasteiger partial charge on any atom is -0.455 e. The largest absolute Gasteiger partial charge is 0.455 e. The Morgan fingerprint density at radius 2 is 1.25 bits per heavy atom. The molecule has 0 bridgehead atoms. The topological polar surface area (TPSA) is 31.0 Å². The van der Waals surface area contributed by atoms with E-state index in [2.05, 4.69) is 108 Å². The van der Waals surface area contributed by atoms with E-state index in [0.717, 1.165) is 55.1 Å². The van der Waals surface area contributed by atoms with Crippen molar-refractivity contribution in [2.75, 3.05) is 0 Å². The Morgan fingerprint density at radius 1 is 0.556 bits per heavy atom. The molecule has 0 N–H and O–H groups in total. The second kappa shape index (κ2) is 7.30. The Balaban J connectivity index is 1.61. The fraction of sp³-hybridized carbons (Fsp3) is 0. The lowest BCUT2D eigenvalue weighted by atomic mass is 9.99. The van der Waals surface area contributed by atoms with Gasteiger partial charge in [-0.2, -0.15) is 0 Å². The molecule has 3 heteroatoms. The molecular weight excluding hydrogens is 440 g/mol. The highest BCUT2D eigenvalue weighted by Crippen LogP contribution is 2.45. The third-order valence-electron chi connectivity index (χ3n) is 7.23. The number of rotatable bonds is 2. The van der Waals surface area contributed by atoms with Crippen LogP contribution in [-0.4, -0.2) is 9.55 Å². The quantitative estimate of drug-likeness (QED) is 0.258. The molecule has 0 saturated heterocycles. The molecule has 5 aromatic carbocycles. The van der Waals surface area contributed by atoms with Crippen molar-refractivity contribution in [1.82, 2.24) is 9.55 Å². The Bertz CT molecular complexity index is 2100. The van der Waals surface area contributed by atoms with Crippen molar-refractivity contribution in [3.8, 4) is 16.9 Å². The summed E-state index contributed by atoms with van der Waals surface area (Å²) in [4.78, 5) is 4.88. The Hall–Kier alpha value is -4.89. The molecule has 8 aromatic rings. The van der Waals surface area contributed by atoms with Gasteiger partial charge in [0.2, 0.25) is 0 Å². The average Bonchev–Trinajstić information content (AvgIpc) is 3.50. The van der Waals surface area contributed by atoms with Crippen LogP contribution in [-0.2, 0) is 0 Å². The fourth-order valence-corrected chi connectivity index (χ4v) is 5.71. The van der Waals surface area contributed by atoms with Gasteiger partial charge in [-0.1, -0.05) is 91.0 Å². The second-order valence-corrected chi connectivity index (χ2v) is 9.19. The number of fused-ring (bicyclic) bond motifs is 10. The SMILES string of the molecule is c1ccc(-c2ccnc(-n3c4ccccc4c4c5c6ccccc6oc5c5ccccc5c43)c2)cc1. The molecule has 0 spiro atoms. The van der Waals surface area contributed by atoms with Gasteiger partial charge in [-0.05, 0) is 35.4 Å². The fourth-order valence-electron chi connectivity index (χ4n) is 5.71. The highest BCUT2D eigenvalue weighted by atomic mass is 16.3. The van der Waals surface area contributed by atoms with Crippen molar-refractivity contribution >= 4 is 54.5 Å². The summed E-state index contributed by atoms with van der Waals surface area (Å²) in [5.74, 6) is 0.903. The van der Waals surface area contributed by atoms with Crippen LogP contribution >= 0.6 is 0 Å². The lowest BCUT2D eigenvalue weighted by Crippen LogP contribution is -1.98. The van der Waals surface area contributed by atoms with Crippen molar-refractivity contribution < 1.29 is 4.42 Å². The molecule has 0 saturated carbocycles. The van der Waals surface area contributed by atoms with E-state index in [-0.39, 0.29) is 0 Å². The molecule has 0 aliphatic heterocycles. The van der Waals surface area contributed by atoms with Crippen LogP contribution in [0.5, 0.6) is 0 Å². The van der Waals surface area contributed by atoms with Crippen LogP contribution in [0.3, 0.4) is 0 Å². The number of para-hydroxylation sites is 2. The van der Waals surface area contributed by atoms with Crippen molar-refractivity contribution in [1.29, 1.82) is 0 Å². The molecule has 3 nitrogen and oxygen atoms in total. The van der Waals surface area contributed by atoms with Gasteiger partial charge in [0.1, 0.15) is 17.0 Å². The number of nitrogens with zero attached hydrogens (tertiary/aromatic N) is 2. The summed E-state index contributed by atoms with van der Waals surface area (Å²) in [6.45, 7) is 0. The first-order valence-corrected chi connectivity index (χ1v) is 12.2. The molecule has 0 fully saturated rings. The van der Waals surface area contributed by atoms with E-state index in [0.29, 0.717) is 0 Å². The van der Waals surface area contributed by atoms with E-state index in [9.17, 15) is 0 Å². The zero-order valence-electron chi connectivity index (χ0n) is 19.3. The van der Waals surface area contributed by atoms with Crippen LogP contribution in [0.1, 0.15) is 0 Å². The molecule has 0 unspecified atom stereocenters. The van der Waals surface area contributed by atoms with E-state index in [4.69, 9.17) is 9.40 Å². The third kappa shape index (κ3) is 2.60. The van der Waals surface area contributed by atoms with E-state index in [1.54, 1.807) is 0 Å². The summed E-state index contributed by atoms with van der Waals surface area (Å²) in [5, 5.41) is 6.96. The molecule has 3 heterocycles. The Morgan fingerprint density at radius 3 is 2.11 bits per heavy atom. The van der Waals surface area contributed by atoms with E-state index < -0.39 is 0 Å². The molecule has 0 amide bonds. The van der Waals surface area contributed by atoms with Crippen molar-refractivity contribution in [2.24, 2.45) is 0 Å². The maximum Gasteiger partial charge on any atom is 0.144 e.